The quantitative estimate of drug-likeness (QED) is 0.906. The van der Waals surface area contributed by atoms with Crippen LogP contribution in [0.5, 0.6) is 0 Å². The number of aromatic nitrogens is 1. The molecule has 1 aromatic heterocycles. The molecule has 22 heavy (non-hydrogen) atoms. The SMILES string of the molecule is CC(C)(C)Nc1ccc2c(ccn2CCN2CCCCC2)c1. The van der Waals surface area contributed by atoms with Crippen LogP contribution in [-0.4, -0.2) is 34.6 Å². The fourth-order valence-electron chi connectivity index (χ4n) is 3.34. The molecule has 120 valence electrons. The van der Waals surface area contributed by atoms with Crippen LogP contribution in [0, 0.1) is 0 Å². The highest BCUT2D eigenvalue weighted by atomic mass is 15.1. The minimum absolute atomic E-state index is 0.102. The molecule has 1 N–H and O–H groups in total. The smallest absolute Gasteiger partial charge is 0.0482 e. The number of hydrogen-bond donors (Lipinski definition) is 1. The van der Waals surface area contributed by atoms with Crippen molar-refractivity contribution in [2.45, 2.75) is 52.1 Å². The predicted octanol–water partition coefficient (Wildman–Crippen LogP) is 4.34. The summed E-state index contributed by atoms with van der Waals surface area (Å²) >= 11 is 0. The van der Waals surface area contributed by atoms with Crippen LogP contribution in [0.4, 0.5) is 5.69 Å². The Labute approximate surface area is 134 Å². The molecule has 0 spiro atoms. The maximum atomic E-state index is 3.55. The van der Waals surface area contributed by atoms with Gasteiger partial charge in [0, 0.05) is 41.4 Å². The molecule has 0 aliphatic carbocycles. The summed E-state index contributed by atoms with van der Waals surface area (Å²) in [5.74, 6) is 0. The van der Waals surface area contributed by atoms with Gasteiger partial charge in [0.05, 0.1) is 0 Å². The molecule has 0 atom stereocenters. The maximum absolute atomic E-state index is 3.55. The second-order valence-corrected chi connectivity index (χ2v) is 7.56. The summed E-state index contributed by atoms with van der Waals surface area (Å²) in [5, 5.41) is 4.88. The highest BCUT2D eigenvalue weighted by molar-refractivity contribution is 5.83. The van der Waals surface area contributed by atoms with E-state index < -0.39 is 0 Å². The zero-order valence-electron chi connectivity index (χ0n) is 14.2. The van der Waals surface area contributed by atoms with Crippen molar-refractivity contribution in [3.05, 3.63) is 30.5 Å². The molecule has 1 fully saturated rings. The lowest BCUT2D eigenvalue weighted by Gasteiger charge is -2.26. The van der Waals surface area contributed by atoms with E-state index in [1.54, 1.807) is 0 Å². The van der Waals surface area contributed by atoms with Crippen molar-refractivity contribution in [1.82, 2.24) is 9.47 Å². The van der Waals surface area contributed by atoms with Crippen LogP contribution < -0.4 is 5.32 Å². The Balaban J connectivity index is 1.69. The van der Waals surface area contributed by atoms with Gasteiger partial charge in [0.15, 0.2) is 0 Å². The van der Waals surface area contributed by atoms with Gasteiger partial charge in [0.1, 0.15) is 0 Å². The third-order valence-electron chi connectivity index (χ3n) is 4.40. The Morgan fingerprint density at radius 3 is 2.50 bits per heavy atom. The number of anilines is 1. The Morgan fingerprint density at radius 2 is 1.77 bits per heavy atom. The average molecular weight is 299 g/mol. The lowest BCUT2D eigenvalue weighted by atomic mass is 10.1. The number of fused-ring (bicyclic) bond motifs is 1. The molecule has 2 heterocycles. The van der Waals surface area contributed by atoms with Crippen molar-refractivity contribution in [1.29, 1.82) is 0 Å². The number of piperidine rings is 1. The third-order valence-corrected chi connectivity index (χ3v) is 4.40. The second kappa shape index (κ2) is 6.33. The molecule has 3 nitrogen and oxygen atoms in total. The minimum atomic E-state index is 0.102. The molecular weight excluding hydrogens is 270 g/mol. The molecule has 1 aromatic carbocycles. The van der Waals surface area contributed by atoms with E-state index in [1.807, 2.05) is 0 Å². The standard InChI is InChI=1S/C19H29N3/c1-19(2,3)20-17-7-8-18-16(15-17)9-12-22(18)14-13-21-10-5-4-6-11-21/h7-9,12,15,20H,4-6,10-11,13-14H2,1-3H3. The Hall–Kier alpha value is -1.48. The highest BCUT2D eigenvalue weighted by Crippen LogP contribution is 2.23. The van der Waals surface area contributed by atoms with Gasteiger partial charge in [0.25, 0.3) is 0 Å². The fourth-order valence-corrected chi connectivity index (χ4v) is 3.34. The maximum Gasteiger partial charge on any atom is 0.0482 e. The first kappa shape index (κ1) is 15.4. The molecule has 2 aromatic rings. The molecule has 0 bridgehead atoms. The van der Waals surface area contributed by atoms with Crippen molar-refractivity contribution in [2.24, 2.45) is 0 Å². The number of benzene rings is 1. The van der Waals surface area contributed by atoms with E-state index in [9.17, 15) is 0 Å². The van der Waals surface area contributed by atoms with Crippen LogP contribution in [-0.2, 0) is 6.54 Å². The Bertz CT molecular complexity index is 615. The summed E-state index contributed by atoms with van der Waals surface area (Å²) in [7, 11) is 0. The van der Waals surface area contributed by atoms with Gasteiger partial charge in [-0.3, -0.25) is 0 Å². The first-order valence-electron chi connectivity index (χ1n) is 8.61. The van der Waals surface area contributed by atoms with Gasteiger partial charge in [-0.15, -0.1) is 0 Å². The summed E-state index contributed by atoms with van der Waals surface area (Å²) in [6.07, 6.45) is 6.38. The van der Waals surface area contributed by atoms with Crippen LogP contribution in [0.2, 0.25) is 0 Å². The molecule has 0 unspecified atom stereocenters. The Morgan fingerprint density at radius 1 is 1.00 bits per heavy atom. The second-order valence-electron chi connectivity index (χ2n) is 7.56. The Kier molecular flexibility index (Phi) is 4.44. The molecule has 3 heteroatoms. The molecule has 3 rings (SSSR count). The van der Waals surface area contributed by atoms with Gasteiger partial charge >= 0.3 is 0 Å². The van der Waals surface area contributed by atoms with Crippen LogP contribution in [0.25, 0.3) is 10.9 Å². The van der Waals surface area contributed by atoms with Crippen LogP contribution in [0.1, 0.15) is 40.0 Å². The van der Waals surface area contributed by atoms with Crippen LogP contribution in [0.3, 0.4) is 0 Å². The summed E-state index contributed by atoms with van der Waals surface area (Å²) < 4.78 is 2.39. The lowest BCUT2D eigenvalue weighted by molar-refractivity contribution is 0.221. The molecule has 1 aliphatic rings. The zero-order chi connectivity index (χ0) is 15.6. The van der Waals surface area contributed by atoms with Crippen molar-refractivity contribution < 1.29 is 0 Å². The van der Waals surface area contributed by atoms with E-state index >= 15 is 0 Å². The van der Waals surface area contributed by atoms with Gasteiger partial charge in [-0.2, -0.15) is 0 Å². The van der Waals surface area contributed by atoms with Gasteiger partial charge in [0.2, 0.25) is 0 Å². The zero-order valence-corrected chi connectivity index (χ0v) is 14.2. The van der Waals surface area contributed by atoms with Crippen molar-refractivity contribution in [3.8, 4) is 0 Å². The number of rotatable bonds is 4. The highest BCUT2D eigenvalue weighted by Gasteiger charge is 2.12. The minimum Gasteiger partial charge on any atom is -0.380 e. The normalized spacial score (nSPS) is 17.0. The first-order valence-corrected chi connectivity index (χ1v) is 8.61. The van der Waals surface area contributed by atoms with Crippen molar-refractivity contribution in [2.75, 3.05) is 25.0 Å². The van der Waals surface area contributed by atoms with Gasteiger partial charge in [-0.1, -0.05) is 6.42 Å². The summed E-state index contributed by atoms with van der Waals surface area (Å²) in [5.41, 5.74) is 2.65. The van der Waals surface area contributed by atoms with Gasteiger partial charge in [-0.05, 0) is 71.0 Å². The molecule has 0 radical (unpaired) electrons. The summed E-state index contributed by atoms with van der Waals surface area (Å²) in [6.45, 7) is 11.4. The first-order chi connectivity index (χ1) is 10.5. The van der Waals surface area contributed by atoms with E-state index in [1.165, 1.54) is 55.5 Å². The number of nitrogens with zero attached hydrogens (tertiary/aromatic N) is 2. The molecule has 0 saturated carbocycles. The number of hydrogen-bond acceptors (Lipinski definition) is 2. The third kappa shape index (κ3) is 3.83. The number of likely N-dealkylation sites (tertiary alicyclic amines) is 1. The van der Waals surface area contributed by atoms with E-state index in [0.29, 0.717) is 0 Å². The lowest BCUT2D eigenvalue weighted by Crippen LogP contribution is -2.32. The molecule has 1 saturated heterocycles. The monoisotopic (exact) mass is 299 g/mol. The van der Waals surface area contributed by atoms with E-state index in [4.69, 9.17) is 0 Å². The van der Waals surface area contributed by atoms with Crippen molar-refractivity contribution >= 4 is 16.6 Å². The van der Waals surface area contributed by atoms with Crippen LogP contribution >= 0.6 is 0 Å². The summed E-state index contributed by atoms with van der Waals surface area (Å²) in [6, 6.07) is 8.95. The van der Waals surface area contributed by atoms with Gasteiger partial charge in [-0.25, -0.2) is 0 Å². The van der Waals surface area contributed by atoms with Gasteiger partial charge < -0.3 is 14.8 Å². The summed E-state index contributed by atoms with van der Waals surface area (Å²) in [4.78, 5) is 2.60. The van der Waals surface area contributed by atoms with Crippen molar-refractivity contribution in [3.63, 3.8) is 0 Å². The van der Waals surface area contributed by atoms with E-state index in [0.717, 1.165) is 6.54 Å². The molecule has 0 amide bonds. The molecule has 1 aliphatic heterocycles. The van der Waals surface area contributed by atoms with E-state index in [2.05, 4.69) is 66.0 Å². The largest absolute Gasteiger partial charge is 0.380 e. The average Bonchev–Trinajstić information content (AvgIpc) is 2.87. The predicted molar refractivity (Wildman–Crippen MR) is 95.6 cm³/mol. The fraction of sp³-hybridized carbons (Fsp3) is 0.579. The van der Waals surface area contributed by atoms with Crippen LogP contribution in [0.15, 0.2) is 30.5 Å². The molecular formula is C19H29N3. The topological polar surface area (TPSA) is 20.2 Å². The van der Waals surface area contributed by atoms with E-state index in [-0.39, 0.29) is 5.54 Å². The number of nitrogens with one attached hydrogen (secondary N) is 1.